The maximum absolute atomic E-state index is 13.2. The van der Waals surface area contributed by atoms with E-state index >= 15 is 0 Å². The minimum absolute atomic E-state index is 0.0260. The van der Waals surface area contributed by atoms with Crippen LogP contribution in [0.25, 0.3) is 0 Å². The molecule has 90 valence electrons. The summed E-state index contributed by atoms with van der Waals surface area (Å²) in [7, 11) is 0. The molecule has 0 fully saturated rings. The van der Waals surface area contributed by atoms with Crippen molar-refractivity contribution in [2.45, 2.75) is 39.7 Å². The van der Waals surface area contributed by atoms with Gasteiger partial charge < -0.3 is 5.73 Å². The second-order valence-electron chi connectivity index (χ2n) is 4.90. The van der Waals surface area contributed by atoms with Gasteiger partial charge in [0.25, 0.3) is 0 Å². The van der Waals surface area contributed by atoms with Gasteiger partial charge in [-0.2, -0.15) is 0 Å². The Labute approximate surface area is 102 Å². The number of benzene rings is 1. The van der Waals surface area contributed by atoms with Gasteiger partial charge >= 0.3 is 0 Å². The summed E-state index contributed by atoms with van der Waals surface area (Å²) in [4.78, 5) is 0. The van der Waals surface area contributed by atoms with E-state index in [1.807, 2.05) is 6.07 Å². The van der Waals surface area contributed by atoms with Crippen molar-refractivity contribution < 1.29 is 4.39 Å². The highest BCUT2D eigenvalue weighted by atomic mass is 35.5. The standard InChI is InChI=1S/C13H19ClFN/c1-4-13(2,3)12(16)8-9-5-6-10(14)11(15)7-9/h5-7,12H,4,8,16H2,1-3H3. The Bertz CT molecular complexity index is 363. The van der Waals surface area contributed by atoms with Crippen molar-refractivity contribution >= 4 is 11.6 Å². The van der Waals surface area contributed by atoms with Crippen LogP contribution in [0.3, 0.4) is 0 Å². The first-order chi connectivity index (χ1) is 7.36. The van der Waals surface area contributed by atoms with Crippen LogP contribution in [0.2, 0.25) is 5.02 Å². The average molecular weight is 244 g/mol. The van der Waals surface area contributed by atoms with Crippen LogP contribution in [0.4, 0.5) is 4.39 Å². The highest BCUT2D eigenvalue weighted by Crippen LogP contribution is 2.26. The molecule has 1 aromatic carbocycles. The van der Waals surface area contributed by atoms with Crippen LogP contribution in [0.15, 0.2) is 18.2 Å². The van der Waals surface area contributed by atoms with Crippen molar-refractivity contribution in [3.05, 3.63) is 34.6 Å². The van der Waals surface area contributed by atoms with Crippen molar-refractivity contribution in [2.24, 2.45) is 11.1 Å². The third-order valence-electron chi connectivity index (χ3n) is 3.35. The van der Waals surface area contributed by atoms with Gasteiger partial charge in [0, 0.05) is 6.04 Å². The van der Waals surface area contributed by atoms with Crippen molar-refractivity contribution in [1.82, 2.24) is 0 Å². The first-order valence-corrected chi connectivity index (χ1v) is 5.94. The third-order valence-corrected chi connectivity index (χ3v) is 3.66. The minimum Gasteiger partial charge on any atom is -0.327 e. The second-order valence-corrected chi connectivity index (χ2v) is 5.31. The summed E-state index contributed by atoms with van der Waals surface area (Å²) in [6, 6.07) is 4.90. The van der Waals surface area contributed by atoms with E-state index in [0.29, 0.717) is 6.42 Å². The zero-order valence-corrected chi connectivity index (χ0v) is 10.8. The fourth-order valence-corrected chi connectivity index (χ4v) is 1.58. The summed E-state index contributed by atoms with van der Waals surface area (Å²) < 4.78 is 13.2. The van der Waals surface area contributed by atoms with Crippen LogP contribution in [0.5, 0.6) is 0 Å². The van der Waals surface area contributed by atoms with Crippen LogP contribution >= 0.6 is 11.6 Å². The van der Waals surface area contributed by atoms with E-state index in [4.69, 9.17) is 17.3 Å². The Hall–Kier alpha value is -0.600. The van der Waals surface area contributed by atoms with Crippen LogP contribution in [0, 0.1) is 11.2 Å². The number of hydrogen-bond donors (Lipinski definition) is 1. The predicted octanol–water partition coefficient (Wildman–Crippen LogP) is 3.79. The third kappa shape index (κ3) is 3.19. The molecule has 1 unspecified atom stereocenters. The minimum atomic E-state index is -0.374. The number of rotatable bonds is 4. The normalized spacial score (nSPS) is 13.9. The van der Waals surface area contributed by atoms with Gasteiger partial charge in [-0.05, 0) is 36.0 Å². The first-order valence-electron chi connectivity index (χ1n) is 5.56. The molecule has 3 heteroatoms. The SMILES string of the molecule is CCC(C)(C)C(N)Cc1ccc(Cl)c(F)c1. The molecule has 1 nitrogen and oxygen atoms in total. The molecule has 16 heavy (non-hydrogen) atoms. The van der Waals surface area contributed by atoms with Crippen LogP contribution in [-0.2, 0) is 6.42 Å². The van der Waals surface area contributed by atoms with E-state index < -0.39 is 0 Å². The number of halogens is 2. The summed E-state index contributed by atoms with van der Waals surface area (Å²) in [5, 5.41) is 0.159. The molecule has 0 radical (unpaired) electrons. The Morgan fingerprint density at radius 3 is 2.56 bits per heavy atom. The molecular weight excluding hydrogens is 225 g/mol. The quantitative estimate of drug-likeness (QED) is 0.856. The van der Waals surface area contributed by atoms with E-state index in [9.17, 15) is 4.39 Å². The van der Waals surface area contributed by atoms with Crippen molar-refractivity contribution in [1.29, 1.82) is 0 Å². The fraction of sp³-hybridized carbons (Fsp3) is 0.538. The molecule has 1 rings (SSSR count). The molecule has 2 N–H and O–H groups in total. The average Bonchev–Trinajstić information content (AvgIpc) is 2.23. The molecule has 0 saturated carbocycles. The van der Waals surface area contributed by atoms with Gasteiger partial charge in [0.05, 0.1) is 5.02 Å². The predicted molar refractivity (Wildman–Crippen MR) is 67.2 cm³/mol. The Morgan fingerprint density at radius 1 is 1.44 bits per heavy atom. The lowest BCUT2D eigenvalue weighted by Gasteiger charge is -2.30. The fourth-order valence-electron chi connectivity index (χ4n) is 1.46. The summed E-state index contributed by atoms with van der Waals surface area (Å²) >= 11 is 5.63. The molecule has 0 heterocycles. The van der Waals surface area contributed by atoms with Crippen LogP contribution in [0.1, 0.15) is 32.8 Å². The first kappa shape index (κ1) is 13.5. The highest BCUT2D eigenvalue weighted by molar-refractivity contribution is 6.30. The van der Waals surface area contributed by atoms with Crippen LogP contribution in [-0.4, -0.2) is 6.04 Å². The topological polar surface area (TPSA) is 26.0 Å². The Balaban J connectivity index is 2.77. The zero-order chi connectivity index (χ0) is 12.3. The summed E-state index contributed by atoms with van der Waals surface area (Å²) in [5.74, 6) is -0.374. The van der Waals surface area contributed by atoms with E-state index in [1.165, 1.54) is 6.07 Å². The largest absolute Gasteiger partial charge is 0.327 e. The van der Waals surface area contributed by atoms with Gasteiger partial charge in [-0.1, -0.05) is 38.4 Å². The molecular formula is C13H19ClFN. The Kier molecular flexibility index (Phi) is 4.34. The van der Waals surface area contributed by atoms with Gasteiger partial charge in [0.2, 0.25) is 0 Å². The highest BCUT2D eigenvalue weighted by Gasteiger charge is 2.24. The molecule has 0 aliphatic rings. The molecule has 1 atom stereocenters. The van der Waals surface area contributed by atoms with Gasteiger partial charge in [0.15, 0.2) is 0 Å². The molecule has 0 aromatic heterocycles. The lowest BCUT2D eigenvalue weighted by molar-refractivity contribution is 0.272. The summed E-state index contributed by atoms with van der Waals surface area (Å²) in [6.07, 6.45) is 1.68. The molecule has 0 aliphatic carbocycles. The monoisotopic (exact) mass is 243 g/mol. The molecule has 0 amide bonds. The molecule has 0 spiro atoms. The Morgan fingerprint density at radius 2 is 2.06 bits per heavy atom. The van der Waals surface area contributed by atoms with E-state index in [2.05, 4.69) is 20.8 Å². The second kappa shape index (κ2) is 5.15. The maximum atomic E-state index is 13.2. The zero-order valence-electron chi connectivity index (χ0n) is 10.1. The smallest absolute Gasteiger partial charge is 0.142 e. The van der Waals surface area contributed by atoms with Crippen molar-refractivity contribution in [2.75, 3.05) is 0 Å². The van der Waals surface area contributed by atoms with E-state index in [1.54, 1.807) is 6.07 Å². The van der Waals surface area contributed by atoms with E-state index in [0.717, 1.165) is 12.0 Å². The van der Waals surface area contributed by atoms with Gasteiger partial charge in [0.1, 0.15) is 5.82 Å². The maximum Gasteiger partial charge on any atom is 0.142 e. The van der Waals surface area contributed by atoms with Crippen LogP contribution < -0.4 is 5.73 Å². The molecule has 1 aromatic rings. The lowest BCUT2D eigenvalue weighted by Crippen LogP contribution is -2.38. The lowest BCUT2D eigenvalue weighted by atomic mass is 9.79. The molecule has 0 aliphatic heterocycles. The molecule has 0 bridgehead atoms. The van der Waals surface area contributed by atoms with Gasteiger partial charge in [-0.25, -0.2) is 4.39 Å². The van der Waals surface area contributed by atoms with E-state index in [-0.39, 0.29) is 22.3 Å². The molecule has 0 saturated heterocycles. The summed E-state index contributed by atoms with van der Waals surface area (Å²) in [6.45, 7) is 6.37. The van der Waals surface area contributed by atoms with Crippen molar-refractivity contribution in [3.8, 4) is 0 Å². The van der Waals surface area contributed by atoms with Gasteiger partial charge in [-0.3, -0.25) is 0 Å². The van der Waals surface area contributed by atoms with Crippen molar-refractivity contribution in [3.63, 3.8) is 0 Å². The number of hydrogen-bond acceptors (Lipinski definition) is 1. The van der Waals surface area contributed by atoms with Gasteiger partial charge in [-0.15, -0.1) is 0 Å². The number of nitrogens with two attached hydrogens (primary N) is 1. The summed E-state index contributed by atoms with van der Waals surface area (Å²) in [5.41, 5.74) is 7.09.